The Labute approximate surface area is 175 Å². The van der Waals surface area contributed by atoms with Crippen LogP contribution in [-0.4, -0.2) is 31.2 Å². The average molecular weight is 435 g/mol. The normalized spacial score (nSPS) is 12.8. The van der Waals surface area contributed by atoms with Crippen LogP contribution in [0.2, 0.25) is 5.02 Å². The van der Waals surface area contributed by atoms with Crippen LogP contribution in [0.4, 0.5) is 5.69 Å². The molecule has 154 valence electrons. The molecule has 6 nitrogen and oxygen atoms in total. The van der Waals surface area contributed by atoms with Crippen molar-refractivity contribution in [1.82, 2.24) is 5.43 Å². The summed E-state index contributed by atoms with van der Waals surface area (Å²) in [4.78, 5) is -0.145. The molecule has 0 fully saturated rings. The number of nitrogens with one attached hydrogen (secondary N) is 1. The number of aliphatic hydroxyl groups is 1. The van der Waals surface area contributed by atoms with E-state index in [0.29, 0.717) is 17.0 Å². The number of nitrogens with zero attached hydrogens (tertiary/aromatic N) is 1. The topological polar surface area (TPSA) is 89.9 Å². The highest BCUT2D eigenvalue weighted by Crippen LogP contribution is 2.28. The van der Waals surface area contributed by atoms with Crippen molar-refractivity contribution in [1.29, 1.82) is 0 Å². The molecule has 1 atom stereocenters. The van der Waals surface area contributed by atoms with Gasteiger partial charge in [0.15, 0.2) is 0 Å². The summed E-state index contributed by atoms with van der Waals surface area (Å²) in [6.45, 7) is 3.00. The van der Waals surface area contributed by atoms with Crippen LogP contribution in [0.15, 0.2) is 65.6 Å². The van der Waals surface area contributed by atoms with Crippen LogP contribution in [-0.2, 0) is 10.1 Å². The third-order valence-electron chi connectivity index (χ3n) is 4.57. The first-order chi connectivity index (χ1) is 13.8. The van der Waals surface area contributed by atoms with Crippen molar-refractivity contribution in [3.8, 4) is 0 Å². The molecule has 3 N–H and O–H groups in total. The third-order valence-corrected chi connectivity index (χ3v) is 5.66. The van der Waals surface area contributed by atoms with E-state index in [1.165, 1.54) is 12.1 Å². The number of fused-ring (bicyclic) bond motifs is 1. The van der Waals surface area contributed by atoms with Gasteiger partial charge in [0.25, 0.3) is 10.1 Å². The maximum absolute atomic E-state index is 11.4. The average Bonchev–Trinajstić information content (AvgIpc) is 2.69. The summed E-state index contributed by atoms with van der Waals surface area (Å²) in [5.74, 6) is 0. The quantitative estimate of drug-likeness (QED) is 0.363. The lowest BCUT2D eigenvalue weighted by atomic mass is 10.1. The third kappa shape index (κ3) is 5.26. The van der Waals surface area contributed by atoms with Gasteiger partial charge in [0.2, 0.25) is 0 Å². The number of hydrogen-bond acceptors (Lipinski definition) is 5. The largest absolute Gasteiger partial charge is 0.387 e. The number of anilines is 1. The van der Waals surface area contributed by atoms with Crippen LogP contribution in [0.3, 0.4) is 0 Å². The summed E-state index contributed by atoms with van der Waals surface area (Å²) < 4.78 is 32.2. The maximum Gasteiger partial charge on any atom is 0.294 e. The second-order valence-electron chi connectivity index (χ2n) is 6.72. The van der Waals surface area contributed by atoms with Gasteiger partial charge in [-0.2, -0.15) is 8.42 Å². The molecule has 0 aliphatic rings. The second kappa shape index (κ2) is 9.11. The molecule has 0 spiro atoms. The fraction of sp³-hybridized carbons (Fsp3) is 0.238. The molecular weight excluding hydrogens is 412 g/mol. The highest BCUT2D eigenvalue weighted by molar-refractivity contribution is 7.85. The molecule has 0 saturated carbocycles. The molecule has 0 radical (unpaired) electrons. The van der Waals surface area contributed by atoms with E-state index in [1.807, 2.05) is 30.1 Å². The van der Waals surface area contributed by atoms with Gasteiger partial charge < -0.3 is 10.1 Å². The van der Waals surface area contributed by atoms with Gasteiger partial charge in [-0.15, -0.1) is 0 Å². The van der Waals surface area contributed by atoms with Crippen molar-refractivity contribution in [2.24, 2.45) is 0 Å². The molecule has 0 saturated heterocycles. The second-order valence-corrected chi connectivity index (χ2v) is 8.58. The van der Waals surface area contributed by atoms with Gasteiger partial charge in [0.1, 0.15) is 0 Å². The molecule has 0 aliphatic carbocycles. The molecular formula is C21H23ClN2O4S. The summed E-state index contributed by atoms with van der Waals surface area (Å²) in [6, 6.07) is 17.1. The first kappa shape index (κ1) is 21.5. The Morgan fingerprint density at radius 3 is 2.55 bits per heavy atom. The van der Waals surface area contributed by atoms with E-state index < -0.39 is 16.2 Å². The minimum absolute atomic E-state index is 0.145. The van der Waals surface area contributed by atoms with Gasteiger partial charge in [-0.1, -0.05) is 48.9 Å². The van der Waals surface area contributed by atoms with E-state index in [4.69, 9.17) is 11.6 Å². The van der Waals surface area contributed by atoms with Crippen molar-refractivity contribution in [2.75, 3.05) is 18.1 Å². The zero-order valence-corrected chi connectivity index (χ0v) is 17.5. The Bertz CT molecular complexity index is 1100. The Hall–Kier alpha value is -2.16. The zero-order chi connectivity index (χ0) is 21.0. The van der Waals surface area contributed by atoms with Crippen molar-refractivity contribution in [3.05, 3.63) is 71.2 Å². The van der Waals surface area contributed by atoms with Gasteiger partial charge in [-0.25, -0.2) is 5.43 Å². The van der Waals surface area contributed by atoms with Gasteiger partial charge in [0.05, 0.1) is 16.7 Å². The van der Waals surface area contributed by atoms with Crippen molar-refractivity contribution >= 4 is 38.2 Å². The van der Waals surface area contributed by atoms with Crippen LogP contribution >= 0.6 is 11.6 Å². The summed E-state index contributed by atoms with van der Waals surface area (Å²) in [6.07, 6.45) is 0.119. The van der Waals surface area contributed by atoms with Crippen LogP contribution in [0.5, 0.6) is 0 Å². The summed E-state index contributed by atoms with van der Waals surface area (Å²) in [7, 11) is -4.27. The van der Waals surface area contributed by atoms with Crippen molar-refractivity contribution in [3.63, 3.8) is 0 Å². The monoisotopic (exact) mass is 434 g/mol. The lowest BCUT2D eigenvalue weighted by Crippen LogP contribution is -2.41. The number of benzene rings is 3. The summed E-state index contributed by atoms with van der Waals surface area (Å²) in [5.41, 5.74) is 4.84. The van der Waals surface area contributed by atoms with E-state index in [9.17, 15) is 18.1 Å². The molecule has 0 bridgehead atoms. The van der Waals surface area contributed by atoms with Crippen LogP contribution < -0.4 is 10.4 Å². The summed E-state index contributed by atoms with van der Waals surface area (Å²) in [5, 5.41) is 14.5. The van der Waals surface area contributed by atoms with E-state index in [0.717, 1.165) is 23.1 Å². The molecule has 3 rings (SSSR count). The molecule has 0 heterocycles. The smallest absolute Gasteiger partial charge is 0.294 e. The van der Waals surface area contributed by atoms with Crippen LogP contribution in [0.1, 0.15) is 25.0 Å². The molecule has 3 aromatic rings. The van der Waals surface area contributed by atoms with E-state index in [-0.39, 0.29) is 11.4 Å². The van der Waals surface area contributed by atoms with E-state index in [1.54, 1.807) is 30.3 Å². The molecule has 0 amide bonds. The molecule has 0 aliphatic heterocycles. The zero-order valence-electron chi connectivity index (χ0n) is 15.9. The predicted octanol–water partition coefficient (Wildman–Crippen LogP) is 4.19. The Balaban J connectivity index is 1.87. The molecule has 3 aromatic carbocycles. The molecule has 29 heavy (non-hydrogen) atoms. The predicted molar refractivity (Wildman–Crippen MR) is 116 cm³/mol. The van der Waals surface area contributed by atoms with Gasteiger partial charge in [-0.05, 0) is 47.7 Å². The van der Waals surface area contributed by atoms with Gasteiger partial charge in [0, 0.05) is 23.5 Å². The minimum Gasteiger partial charge on any atom is -0.387 e. The van der Waals surface area contributed by atoms with Gasteiger partial charge >= 0.3 is 0 Å². The fourth-order valence-electron chi connectivity index (χ4n) is 3.18. The number of hydrogen-bond donors (Lipinski definition) is 3. The number of halogens is 1. The summed E-state index contributed by atoms with van der Waals surface area (Å²) >= 11 is 6.00. The maximum atomic E-state index is 11.4. The number of hydrazine groups is 1. The number of rotatable bonds is 8. The molecule has 0 unspecified atom stereocenters. The highest BCUT2D eigenvalue weighted by Gasteiger charge is 2.15. The first-order valence-electron chi connectivity index (χ1n) is 9.24. The Kier molecular flexibility index (Phi) is 6.77. The SMILES string of the molecule is CCCN(NC[C@H](O)c1cccc(Cl)c1)c1cccc2cc(S(=O)(=O)O)ccc12. The van der Waals surface area contributed by atoms with Crippen molar-refractivity contribution in [2.45, 2.75) is 24.3 Å². The van der Waals surface area contributed by atoms with Crippen LogP contribution in [0.25, 0.3) is 10.8 Å². The first-order valence-corrected chi connectivity index (χ1v) is 11.1. The lowest BCUT2D eigenvalue weighted by molar-refractivity contribution is 0.173. The van der Waals surface area contributed by atoms with Gasteiger partial charge in [-0.3, -0.25) is 4.55 Å². The fourth-order valence-corrected chi connectivity index (χ4v) is 3.89. The van der Waals surface area contributed by atoms with Crippen LogP contribution in [0, 0.1) is 0 Å². The lowest BCUT2D eigenvalue weighted by Gasteiger charge is -2.28. The Morgan fingerprint density at radius 1 is 1.10 bits per heavy atom. The molecule has 0 aromatic heterocycles. The van der Waals surface area contributed by atoms with E-state index >= 15 is 0 Å². The Morgan fingerprint density at radius 2 is 1.86 bits per heavy atom. The standard InChI is InChI=1S/C21H23ClN2O4S/c1-2-11-24(23-14-21(25)16-6-3-7-17(22)12-16)20-8-4-5-15-13-18(29(26,27)28)9-10-19(15)20/h3-10,12-13,21,23,25H,2,11,14H2,1H3,(H,26,27,28)/t21-/m0/s1. The molecule has 8 heteroatoms. The highest BCUT2D eigenvalue weighted by atomic mass is 35.5. The minimum atomic E-state index is -4.27. The number of aliphatic hydroxyl groups excluding tert-OH is 1. The van der Waals surface area contributed by atoms with Crippen molar-refractivity contribution < 1.29 is 18.1 Å². The van der Waals surface area contributed by atoms with E-state index in [2.05, 4.69) is 5.43 Å².